The summed E-state index contributed by atoms with van der Waals surface area (Å²) in [4.78, 5) is 23.5. The number of anilines is 1. The van der Waals surface area contributed by atoms with Gasteiger partial charge in [0.05, 0.1) is 5.56 Å². The number of aryl methyl sites for hydroxylation is 1. The second-order valence-corrected chi connectivity index (χ2v) is 5.31. The predicted octanol–water partition coefficient (Wildman–Crippen LogP) is 1.65. The molecule has 0 unspecified atom stereocenters. The van der Waals surface area contributed by atoms with Gasteiger partial charge in [0.25, 0.3) is 5.91 Å². The van der Waals surface area contributed by atoms with Crippen molar-refractivity contribution >= 4 is 17.6 Å². The summed E-state index contributed by atoms with van der Waals surface area (Å²) in [5.74, 6) is -0.852. The number of hydrogen-bond acceptors (Lipinski definition) is 4. The van der Waals surface area contributed by atoms with Gasteiger partial charge in [0.15, 0.2) is 0 Å². The lowest BCUT2D eigenvalue weighted by molar-refractivity contribution is -0.153. The van der Waals surface area contributed by atoms with E-state index in [0.29, 0.717) is 11.3 Å². The topological polar surface area (TPSA) is 81.4 Å². The van der Waals surface area contributed by atoms with Gasteiger partial charge < -0.3 is 15.8 Å². The van der Waals surface area contributed by atoms with Crippen LogP contribution in [0.2, 0.25) is 0 Å². The monoisotopic (exact) mass is 264 g/mol. The minimum Gasteiger partial charge on any atom is -0.459 e. The van der Waals surface area contributed by atoms with Crippen LogP contribution in [-0.2, 0) is 9.53 Å². The molecule has 0 fully saturated rings. The summed E-state index contributed by atoms with van der Waals surface area (Å²) in [6.45, 7) is 6.92. The molecule has 0 aliphatic heterocycles. The number of carbonyl (C=O) groups excluding carboxylic acids is 2. The highest BCUT2D eigenvalue weighted by molar-refractivity contribution is 6.01. The van der Waals surface area contributed by atoms with E-state index in [9.17, 15) is 9.59 Å². The van der Waals surface area contributed by atoms with Gasteiger partial charge in [0, 0.05) is 5.69 Å². The first-order valence-corrected chi connectivity index (χ1v) is 6.06. The van der Waals surface area contributed by atoms with E-state index < -0.39 is 11.6 Å². The van der Waals surface area contributed by atoms with Crippen LogP contribution < -0.4 is 11.1 Å². The average molecular weight is 264 g/mol. The molecule has 0 aliphatic rings. The molecule has 0 atom stereocenters. The molecule has 0 heterocycles. The number of hydrogen-bond donors (Lipinski definition) is 2. The Hall–Kier alpha value is -2.04. The molecule has 0 spiro atoms. The van der Waals surface area contributed by atoms with Crippen molar-refractivity contribution in [3.05, 3.63) is 29.3 Å². The Morgan fingerprint density at radius 1 is 1.32 bits per heavy atom. The molecule has 0 radical (unpaired) electrons. The Balaban J connectivity index is 2.64. The summed E-state index contributed by atoms with van der Waals surface area (Å²) >= 11 is 0. The van der Waals surface area contributed by atoms with Crippen LogP contribution in [0.5, 0.6) is 0 Å². The van der Waals surface area contributed by atoms with Gasteiger partial charge in [-0.1, -0.05) is 12.1 Å². The van der Waals surface area contributed by atoms with Crippen LogP contribution in [0.1, 0.15) is 36.7 Å². The highest BCUT2D eigenvalue weighted by Crippen LogP contribution is 2.15. The van der Waals surface area contributed by atoms with Crippen LogP contribution >= 0.6 is 0 Å². The lowest BCUT2D eigenvalue weighted by atomic mass is 10.1. The van der Waals surface area contributed by atoms with Gasteiger partial charge in [-0.25, -0.2) is 0 Å². The van der Waals surface area contributed by atoms with Crippen molar-refractivity contribution in [3.8, 4) is 0 Å². The fourth-order valence-corrected chi connectivity index (χ4v) is 1.62. The molecular formula is C14H20N2O3. The quantitative estimate of drug-likeness (QED) is 0.642. The van der Waals surface area contributed by atoms with E-state index in [0.717, 1.165) is 5.56 Å². The molecule has 1 amide bonds. The number of amides is 1. The molecule has 0 bridgehead atoms. The van der Waals surface area contributed by atoms with Crippen LogP contribution in [0, 0.1) is 6.92 Å². The Labute approximate surface area is 113 Å². The fraction of sp³-hybridized carbons (Fsp3) is 0.429. The van der Waals surface area contributed by atoms with Gasteiger partial charge in [-0.3, -0.25) is 9.59 Å². The Kier molecular flexibility index (Phi) is 4.53. The van der Waals surface area contributed by atoms with Crippen LogP contribution in [0.4, 0.5) is 5.69 Å². The summed E-state index contributed by atoms with van der Waals surface area (Å²) in [5.41, 5.74) is 6.74. The standard InChI is InChI=1S/C14H20N2O3/c1-9-6-5-7-10(15)12(9)13(18)16-8-11(17)19-14(2,3)4/h5-7H,8,15H2,1-4H3,(H,16,18). The van der Waals surface area contributed by atoms with E-state index in [2.05, 4.69) is 5.32 Å². The van der Waals surface area contributed by atoms with Crippen LogP contribution in [-0.4, -0.2) is 24.0 Å². The maximum Gasteiger partial charge on any atom is 0.325 e. The highest BCUT2D eigenvalue weighted by atomic mass is 16.6. The minimum absolute atomic E-state index is 0.177. The molecule has 1 rings (SSSR count). The summed E-state index contributed by atoms with van der Waals surface area (Å²) in [6, 6.07) is 5.21. The minimum atomic E-state index is -0.566. The van der Waals surface area contributed by atoms with Gasteiger partial charge in [0.2, 0.25) is 0 Å². The van der Waals surface area contributed by atoms with Crippen LogP contribution in [0.3, 0.4) is 0 Å². The molecule has 104 valence electrons. The second kappa shape index (κ2) is 5.73. The molecule has 1 aromatic carbocycles. The number of benzene rings is 1. The first-order chi connectivity index (χ1) is 8.70. The molecule has 0 aromatic heterocycles. The largest absolute Gasteiger partial charge is 0.459 e. The smallest absolute Gasteiger partial charge is 0.325 e. The third-order valence-electron chi connectivity index (χ3n) is 2.35. The van der Waals surface area contributed by atoms with E-state index in [4.69, 9.17) is 10.5 Å². The number of ether oxygens (including phenoxy) is 1. The van der Waals surface area contributed by atoms with Gasteiger partial charge in [-0.2, -0.15) is 0 Å². The molecule has 3 N–H and O–H groups in total. The van der Waals surface area contributed by atoms with Crippen molar-refractivity contribution in [2.24, 2.45) is 0 Å². The van der Waals surface area contributed by atoms with Crippen molar-refractivity contribution in [1.29, 1.82) is 0 Å². The molecule has 0 saturated heterocycles. The normalized spacial score (nSPS) is 10.9. The van der Waals surface area contributed by atoms with Crippen molar-refractivity contribution in [1.82, 2.24) is 5.32 Å². The summed E-state index contributed by atoms with van der Waals surface area (Å²) < 4.78 is 5.10. The number of rotatable bonds is 3. The van der Waals surface area contributed by atoms with Gasteiger partial charge in [0.1, 0.15) is 12.1 Å². The zero-order valence-corrected chi connectivity index (χ0v) is 11.7. The van der Waals surface area contributed by atoms with E-state index in [1.54, 1.807) is 45.9 Å². The maximum absolute atomic E-state index is 12.0. The number of nitrogen functional groups attached to an aromatic ring is 1. The zero-order chi connectivity index (χ0) is 14.6. The molecule has 5 nitrogen and oxygen atoms in total. The first-order valence-electron chi connectivity index (χ1n) is 6.06. The fourth-order valence-electron chi connectivity index (χ4n) is 1.62. The summed E-state index contributed by atoms with van der Waals surface area (Å²) in [7, 11) is 0. The van der Waals surface area contributed by atoms with Crippen molar-refractivity contribution in [2.75, 3.05) is 12.3 Å². The Bertz CT molecular complexity index is 470. The van der Waals surface area contributed by atoms with Crippen LogP contribution in [0.15, 0.2) is 18.2 Å². The van der Waals surface area contributed by atoms with Crippen molar-refractivity contribution < 1.29 is 14.3 Å². The van der Waals surface area contributed by atoms with Crippen LogP contribution in [0.25, 0.3) is 0 Å². The third kappa shape index (κ3) is 4.62. The summed E-state index contributed by atoms with van der Waals surface area (Å²) in [6.07, 6.45) is 0. The summed E-state index contributed by atoms with van der Waals surface area (Å²) in [5, 5.41) is 2.51. The maximum atomic E-state index is 12.0. The number of nitrogens with two attached hydrogens (primary N) is 1. The van der Waals surface area contributed by atoms with E-state index >= 15 is 0 Å². The zero-order valence-electron chi connectivity index (χ0n) is 11.7. The lowest BCUT2D eigenvalue weighted by Gasteiger charge is -2.19. The molecule has 19 heavy (non-hydrogen) atoms. The van der Waals surface area contributed by atoms with Crippen molar-refractivity contribution in [3.63, 3.8) is 0 Å². The van der Waals surface area contributed by atoms with Gasteiger partial charge in [-0.05, 0) is 39.3 Å². The lowest BCUT2D eigenvalue weighted by Crippen LogP contribution is -2.35. The number of carbonyl (C=O) groups is 2. The van der Waals surface area contributed by atoms with E-state index in [-0.39, 0.29) is 12.5 Å². The highest BCUT2D eigenvalue weighted by Gasteiger charge is 2.18. The SMILES string of the molecule is Cc1cccc(N)c1C(=O)NCC(=O)OC(C)(C)C. The van der Waals surface area contributed by atoms with Gasteiger partial charge in [-0.15, -0.1) is 0 Å². The Morgan fingerprint density at radius 3 is 2.47 bits per heavy atom. The van der Waals surface area contributed by atoms with E-state index in [1.807, 2.05) is 0 Å². The molecule has 0 aliphatic carbocycles. The average Bonchev–Trinajstić information content (AvgIpc) is 2.23. The van der Waals surface area contributed by atoms with E-state index in [1.165, 1.54) is 0 Å². The van der Waals surface area contributed by atoms with Crippen molar-refractivity contribution in [2.45, 2.75) is 33.3 Å². The number of esters is 1. The predicted molar refractivity (Wildman–Crippen MR) is 73.8 cm³/mol. The molecule has 1 aromatic rings. The second-order valence-electron chi connectivity index (χ2n) is 5.31. The first kappa shape index (κ1) is 15.0. The number of nitrogens with one attached hydrogen (secondary N) is 1. The Morgan fingerprint density at radius 2 is 1.95 bits per heavy atom. The third-order valence-corrected chi connectivity index (χ3v) is 2.35. The molecule has 0 saturated carbocycles. The molecular weight excluding hydrogens is 244 g/mol. The molecule has 5 heteroatoms. The van der Waals surface area contributed by atoms with Gasteiger partial charge >= 0.3 is 5.97 Å².